The van der Waals surface area contributed by atoms with Crippen molar-refractivity contribution in [3.05, 3.63) is 82.9 Å². The number of rotatable bonds is 9. The zero-order valence-electron chi connectivity index (χ0n) is 26.3. The number of amides is 2. The second-order valence-electron chi connectivity index (χ2n) is 13.1. The number of aliphatic hydroxyl groups is 1. The van der Waals surface area contributed by atoms with Crippen molar-refractivity contribution < 1.29 is 24.2 Å². The number of carbonyl (C=O) groups excluding carboxylic acids is 2. The Bertz CT molecular complexity index is 1580. The molecular formula is C35H42ClN3O5Si. The van der Waals surface area contributed by atoms with Gasteiger partial charge in [0, 0.05) is 28.8 Å². The van der Waals surface area contributed by atoms with E-state index in [4.69, 9.17) is 21.1 Å². The lowest BCUT2D eigenvalue weighted by molar-refractivity contribution is -0.146. The molecule has 2 saturated heterocycles. The van der Waals surface area contributed by atoms with Gasteiger partial charge in [0.1, 0.15) is 5.75 Å². The zero-order chi connectivity index (χ0) is 31.9. The van der Waals surface area contributed by atoms with E-state index in [9.17, 15) is 14.7 Å². The van der Waals surface area contributed by atoms with E-state index in [1.165, 1.54) is 5.19 Å². The van der Waals surface area contributed by atoms with Crippen LogP contribution in [0, 0.1) is 5.92 Å². The summed E-state index contributed by atoms with van der Waals surface area (Å²) in [6.45, 7) is 7.89. The third-order valence-electron chi connectivity index (χ3n) is 10.1. The highest BCUT2D eigenvalue weighted by Gasteiger charge is 2.66. The first-order valence-electron chi connectivity index (χ1n) is 15.8. The summed E-state index contributed by atoms with van der Waals surface area (Å²) in [4.78, 5) is 29.4. The van der Waals surface area contributed by atoms with Gasteiger partial charge in [0.15, 0.2) is 5.60 Å². The summed E-state index contributed by atoms with van der Waals surface area (Å²) in [7, 11) is -0.616. The van der Waals surface area contributed by atoms with Crippen LogP contribution in [0.3, 0.4) is 0 Å². The van der Waals surface area contributed by atoms with Crippen LogP contribution in [0.15, 0.2) is 66.7 Å². The Morgan fingerprint density at radius 2 is 1.96 bits per heavy atom. The average Bonchev–Trinajstić information content (AvgIpc) is 3.72. The van der Waals surface area contributed by atoms with Crippen molar-refractivity contribution >= 4 is 48.1 Å². The monoisotopic (exact) mass is 647 g/mol. The van der Waals surface area contributed by atoms with Crippen LogP contribution in [0.2, 0.25) is 23.7 Å². The van der Waals surface area contributed by atoms with Crippen LogP contribution in [0.4, 0.5) is 11.4 Å². The van der Waals surface area contributed by atoms with Crippen molar-refractivity contribution in [1.82, 2.24) is 5.32 Å². The van der Waals surface area contributed by atoms with Gasteiger partial charge in [0.05, 0.1) is 39.6 Å². The summed E-state index contributed by atoms with van der Waals surface area (Å²) in [5, 5.41) is 18.2. The normalized spacial score (nSPS) is 26.0. The number of aliphatic hydroxyl groups excluding tert-OH is 1. The number of hydrogen-bond donors (Lipinski definition) is 3. The molecule has 0 saturated carbocycles. The average molecular weight is 648 g/mol. The summed E-state index contributed by atoms with van der Waals surface area (Å²) in [5.74, 6) is 0.448. The predicted molar refractivity (Wildman–Crippen MR) is 180 cm³/mol. The molecule has 2 fully saturated rings. The maximum absolute atomic E-state index is 14.8. The van der Waals surface area contributed by atoms with Gasteiger partial charge in [-0.05, 0) is 79.4 Å². The van der Waals surface area contributed by atoms with E-state index in [0.717, 1.165) is 42.0 Å². The number of benzene rings is 3. The third kappa shape index (κ3) is 5.59. The molecule has 8 nitrogen and oxygen atoms in total. The fraction of sp³-hybridized carbons (Fsp3) is 0.429. The number of hydrogen-bond acceptors (Lipinski definition) is 6. The van der Waals surface area contributed by atoms with Crippen LogP contribution in [-0.4, -0.2) is 57.4 Å². The lowest BCUT2D eigenvalue weighted by Crippen LogP contribution is -2.51. The maximum Gasteiger partial charge on any atom is 0.264 e. The second-order valence-corrected chi connectivity index (χ2v) is 18.2. The Balaban J connectivity index is 1.34. The number of fused-ring (bicyclic) bond motifs is 2. The minimum atomic E-state index is -2.27. The molecule has 0 bridgehead atoms. The molecule has 3 N–H and O–H groups in total. The molecule has 3 aromatic carbocycles. The van der Waals surface area contributed by atoms with Crippen molar-refractivity contribution in [2.75, 3.05) is 30.5 Å². The Kier molecular flexibility index (Phi) is 8.84. The molecule has 3 aromatic rings. The molecule has 0 radical (unpaired) electrons. The molecule has 3 aliphatic heterocycles. The molecular weight excluding hydrogens is 606 g/mol. The minimum absolute atomic E-state index is 0.0355. The standard InChI is InChI=1S/C35H42ClN3O5Si/c1-22-32(45(3,4)27-13-11-26(43-2)12-14-27)31(16-18-40)44-35(22)28-20-24(36)10-15-30(28)39(34(35)42)21-23-7-5-8-25(19-23)38-33(41)29-9-6-17-37-29/h5,7-8,10-15,19-20,22,29,31-32,37,40H,6,9,16-18,21H2,1-4H3,(H,38,41)/t22-,29+,31+,32-,35+/m0/s1. The maximum atomic E-state index is 14.8. The number of nitrogens with zero attached hydrogens (tertiary/aromatic N) is 1. The Hall–Kier alpha value is -3.21. The Morgan fingerprint density at radius 3 is 2.64 bits per heavy atom. The van der Waals surface area contributed by atoms with E-state index in [2.05, 4.69) is 42.8 Å². The molecule has 3 heterocycles. The number of carbonyl (C=O) groups is 2. The molecule has 45 heavy (non-hydrogen) atoms. The number of methoxy groups -OCH3 is 1. The Labute approximate surface area is 271 Å². The van der Waals surface area contributed by atoms with Crippen molar-refractivity contribution in [1.29, 1.82) is 0 Å². The van der Waals surface area contributed by atoms with Gasteiger partial charge in [-0.3, -0.25) is 9.59 Å². The highest BCUT2D eigenvalue weighted by Crippen LogP contribution is 2.60. The summed E-state index contributed by atoms with van der Waals surface area (Å²) in [6.07, 6.45) is 1.93. The molecule has 238 valence electrons. The van der Waals surface area contributed by atoms with Crippen molar-refractivity contribution in [3.63, 3.8) is 0 Å². The van der Waals surface area contributed by atoms with E-state index >= 15 is 0 Å². The van der Waals surface area contributed by atoms with Crippen LogP contribution >= 0.6 is 11.6 Å². The van der Waals surface area contributed by atoms with Crippen LogP contribution in [0.5, 0.6) is 5.75 Å². The quantitative estimate of drug-likeness (QED) is 0.277. The van der Waals surface area contributed by atoms with Crippen molar-refractivity contribution in [2.45, 2.75) is 69.1 Å². The SMILES string of the molecule is COc1ccc([Si](C)(C)[C@@H]2[C@@H](CCO)O[C@]3(C(=O)N(Cc4cccc(NC(=O)[C@H]5CCCN5)c4)c4ccc(Cl)cc43)[C@H]2C)cc1. The van der Waals surface area contributed by atoms with Crippen molar-refractivity contribution in [2.24, 2.45) is 5.92 Å². The molecule has 3 aliphatic rings. The first-order valence-corrected chi connectivity index (χ1v) is 19.2. The molecule has 0 aliphatic carbocycles. The summed E-state index contributed by atoms with van der Waals surface area (Å²) in [6, 6.07) is 21.3. The number of ether oxygens (including phenoxy) is 2. The van der Waals surface area contributed by atoms with E-state index in [1.54, 1.807) is 12.0 Å². The van der Waals surface area contributed by atoms with Crippen LogP contribution in [0.1, 0.15) is 37.3 Å². The Morgan fingerprint density at radius 1 is 1.18 bits per heavy atom. The third-order valence-corrected chi connectivity index (χ3v) is 14.7. The molecule has 0 unspecified atom stereocenters. The first-order chi connectivity index (χ1) is 21.6. The van der Waals surface area contributed by atoms with E-state index in [-0.39, 0.29) is 42.0 Å². The summed E-state index contributed by atoms with van der Waals surface area (Å²) < 4.78 is 12.4. The number of nitrogens with one attached hydrogen (secondary N) is 2. The van der Waals surface area contributed by atoms with Gasteiger partial charge in [0.25, 0.3) is 5.91 Å². The molecule has 2 amide bonds. The van der Waals surface area contributed by atoms with Crippen LogP contribution in [0.25, 0.3) is 0 Å². The number of halogens is 1. The fourth-order valence-corrected chi connectivity index (χ4v) is 12.1. The number of anilines is 2. The largest absolute Gasteiger partial charge is 0.497 e. The topological polar surface area (TPSA) is 100 Å². The molecule has 0 aromatic heterocycles. The molecule has 6 rings (SSSR count). The van der Waals surface area contributed by atoms with Gasteiger partial charge in [0.2, 0.25) is 5.91 Å². The fourth-order valence-electron chi connectivity index (χ4n) is 7.91. The van der Waals surface area contributed by atoms with Gasteiger partial charge in [-0.15, -0.1) is 0 Å². The van der Waals surface area contributed by atoms with Gasteiger partial charge in [-0.1, -0.05) is 61.1 Å². The zero-order valence-corrected chi connectivity index (χ0v) is 28.1. The smallest absolute Gasteiger partial charge is 0.264 e. The van der Waals surface area contributed by atoms with Gasteiger partial charge < -0.3 is 30.1 Å². The van der Waals surface area contributed by atoms with Gasteiger partial charge >= 0.3 is 0 Å². The van der Waals surface area contributed by atoms with Gasteiger partial charge in [-0.2, -0.15) is 0 Å². The molecule has 10 heteroatoms. The molecule has 1 spiro atoms. The first kappa shape index (κ1) is 31.8. The van der Waals surface area contributed by atoms with E-state index < -0.39 is 13.7 Å². The van der Waals surface area contributed by atoms with Crippen LogP contribution < -0.4 is 25.5 Å². The van der Waals surface area contributed by atoms with Gasteiger partial charge in [-0.25, -0.2) is 0 Å². The van der Waals surface area contributed by atoms with E-state index in [1.807, 2.05) is 54.6 Å². The van der Waals surface area contributed by atoms with E-state index in [0.29, 0.717) is 23.7 Å². The second kappa shape index (κ2) is 12.5. The summed E-state index contributed by atoms with van der Waals surface area (Å²) >= 11 is 6.59. The molecule has 5 atom stereocenters. The highest BCUT2D eigenvalue weighted by molar-refractivity contribution is 6.91. The predicted octanol–water partition coefficient (Wildman–Crippen LogP) is 5.18. The van der Waals surface area contributed by atoms with Crippen molar-refractivity contribution in [3.8, 4) is 5.75 Å². The highest BCUT2D eigenvalue weighted by atomic mass is 35.5. The lowest BCUT2D eigenvalue weighted by atomic mass is 9.82. The minimum Gasteiger partial charge on any atom is -0.497 e. The summed E-state index contributed by atoms with van der Waals surface area (Å²) in [5.41, 5.74) is 1.94. The lowest BCUT2D eigenvalue weighted by Gasteiger charge is -2.37. The van der Waals surface area contributed by atoms with Crippen LogP contribution in [-0.2, 0) is 26.5 Å².